The lowest BCUT2D eigenvalue weighted by atomic mass is 10.0. The molecule has 0 spiro atoms. The molecule has 0 unspecified atom stereocenters. The zero-order chi connectivity index (χ0) is 17.7. The molecule has 0 aliphatic heterocycles. The van der Waals surface area contributed by atoms with Gasteiger partial charge in [0.25, 0.3) is 0 Å². The zero-order valence-corrected chi connectivity index (χ0v) is 14.5. The fraction of sp³-hybridized carbons (Fsp3) is 0.211. The van der Waals surface area contributed by atoms with Gasteiger partial charge in [0, 0.05) is 17.7 Å². The maximum Gasteiger partial charge on any atom is 0.183 e. The Labute approximate surface area is 144 Å². The number of hydrogen-bond donors (Lipinski definition) is 0. The van der Waals surface area contributed by atoms with Crippen molar-refractivity contribution in [1.82, 2.24) is 19.6 Å². The van der Waals surface area contributed by atoms with Crippen molar-refractivity contribution >= 4 is 16.7 Å². The number of aromatic nitrogens is 4. The van der Waals surface area contributed by atoms with Crippen molar-refractivity contribution in [1.29, 1.82) is 0 Å². The van der Waals surface area contributed by atoms with Crippen LogP contribution in [0.15, 0.2) is 30.3 Å². The predicted molar refractivity (Wildman–Crippen MR) is 94.4 cm³/mol. The van der Waals surface area contributed by atoms with Crippen molar-refractivity contribution in [3.8, 4) is 17.1 Å². The Morgan fingerprint density at radius 2 is 1.76 bits per heavy atom. The van der Waals surface area contributed by atoms with Crippen LogP contribution in [0.2, 0.25) is 0 Å². The van der Waals surface area contributed by atoms with Gasteiger partial charge < -0.3 is 4.74 Å². The van der Waals surface area contributed by atoms with Crippen molar-refractivity contribution in [3.63, 3.8) is 0 Å². The number of hydrogen-bond acceptors (Lipinski definition) is 4. The standard InChI is InChI=1S/C19H17FN4O/c1-10-6-5-7-11(2)16(10)19-23-22-18-12(3)21-17-14(24(18)19)8-13(20)9-15(17)25-4/h5-9H,1-4H3. The van der Waals surface area contributed by atoms with E-state index in [1.807, 2.05) is 43.4 Å². The predicted octanol–water partition coefficient (Wildman–Crippen LogP) is 4.02. The van der Waals surface area contributed by atoms with Crippen molar-refractivity contribution < 1.29 is 9.13 Å². The molecule has 0 atom stereocenters. The zero-order valence-electron chi connectivity index (χ0n) is 14.5. The highest BCUT2D eigenvalue weighted by atomic mass is 19.1. The van der Waals surface area contributed by atoms with Crippen LogP contribution in [0, 0.1) is 26.6 Å². The molecular weight excluding hydrogens is 319 g/mol. The average Bonchev–Trinajstić information content (AvgIpc) is 3.01. The third-order valence-corrected chi connectivity index (χ3v) is 4.45. The quantitative estimate of drug-likeness (QED) is 0.555. The molecule has 4 aromatic rings. The molecule has 0 bridgehead atoms. The van der Waals surface area contributed by atoms with Crippen LogP contribution >= 0.6 is 0 Å². The third kappa shape index (κ3) is 2.25. The number of aryl methyl sites for hydroxylation is 3. The molecule has 2 aromatic heterocycles. The summed E-state index contributed by atoms with van der Waals surface area (Å²) in [7, 11) is 1.51. The third-order valence-electron chi connectivity index (χ3n) is 4.45. The van der Waals surface area contributed by atoms with E-state index in [-0.39, 0.29) is 0 Å². The minimum atomic E-state index is -0.391. The number of fused-ring (bicyclic) bond motifs is 3. The highest BCUT2D eigenvalue weighted by molar-refractivity contribution is 5.86. The summed E-state index contributed by atoms with van der Waals surface area (Å²) in [4.78, 5) is 4.55. The highest BCUT2D eigenvalue weighted by Crippen LogP contribution is 2.32. The normalized spacial score (nSPS) is 11.4. The van der Waals surface area contributed by atoms with Gasteiger partial charge in [-0.2, -0.15) is 0 Å². The molecule has 5 nitrogen and oxygen atoms in total. The molecule has 0 amide bonds. The summed E-state index contributed by atoms with van der Waals surface area (Å²) >= 11 is 0. The minimum Gasteiger partial charge on any atom is -0.494 e. The summed E-state index contributed by atoms with van der Waals surface area (Å²) in [5.74, 6) is 0.673. The van der Waals surface area contributed by atoms with Crippen molar-refractivity contribution in [2.75, 3.05) is 7.11 Å². The van der Waals surface area contributed by atoms with Crippen molar-refractivity contribution in [2.45, 2.75) is 20.8 Å². The van der Waals surface area contributed by atoms with Crippen LogP contribution in [-0.2, 0) is 0 Å². The Balaban J connectivity index is 2.22. The molecular formula is C19H17FN4O. The smallest absolute Gasteiger partial charge is 0.183 e. The largest absolute Gasteiger partial charge is 0.494 e. The number of benzene rings is 2. The first-order valence-electron chi connectivity index (χ1n) is 7.97. The monoisotopic (exact) mass is 336 g/mol. The van der Waals surface area contributed by atoms with Crippen molar-refractivity contribution in [3.05, 3.63) is 53.0 Å². The summed E-state index contributed by atoms with van der Waals surface area (Å²) in [5.41, 5.74) is 5.65. The molecule has 0 saturated heterocycles. The van der Waals surface area contributed by atoms with Crippen LogP contribution in [-0.4, -0.2) is 26.7 Å². The van der Waals surface area contributed by atoms with Gasteiger partial charge in [-0.05, 0) is 31.9 Å². The van der Waals surface area contributed by atoms with Gasteiger partial charge in [-0.25, -0.2) is 9.37 Å². The van der Waals surface area contributed by atoms with Crippen LogP contribution in [0.3, 0.4) is 0 Å². The molecule has 0 saturated carbocycles. The molecule has 25 heavy (non-hydrogen) atoms. The molecule has 0 aliphatic rings. The summed E-state index contributed by atoms with van der Waals surface area (Å²) in [6.07, 6.45) is 0. The van der Waals surface area contributed by atoms with Crippen LogP contribution in [0.25, 0.3) is 28.1 Å². The second kappa shape index (κ2) is 5.51. The van der Waals surface area contributed by atoms with Gasteiger partial charge in [-0.3, -0.25) is 4.40 Å². The lowest BCUT2D eigenvalue weighted by molar-refractivity contribution is 0.415. The molecule has 126 valence electrons. The molecule has 2 aromatic carbocycles. The summed E-state index contributed by atoms with van der Waals surface area (Å²) in [6.45, 7) is 5.92. The number of halogens is 1. The minimum absolute atomic E-state index is 0.390. The topological polar surface area (TPSA) is 52.3 Å². The van der Waals surface area contributed by atoms with Gasteiger partial charge in [0.15, 0.2) is 11.5 Å². The van der Waals surface area contributed by atoms with E-state index in [0.717, 1.165) is 16.7 Å². The SMILES string of the molecule is COc1cc(F)cc2c1nc(C)c1nnc(-c3c(C)cccc3C)n12. The number of methoxy groups -OCH3 is 1. The van der Waals surface area contributed by atoms with Gasteiger partial charge in [-0.1, -0.05) is 18.2 Å². The van der Waals surface area contributed by atoms with E-state index in [1.54, 1.807) is 0 Å². The molecule has 0 fully saturated rings. The molecule has 2 heterocycles. The Hall–Kier alpha value is -3.02. The maximum absolute atomic E-state index is 14.1. The van der Waals surface area contributed by atoms with E-state index in [1.165, 1.54) is 19.2 Å². The van der Waals surface area contributed by atoms with Gasteiger partial charge in [-0.15, -0.1) is 10.2 Å². The molecule has 6 heteroatoms. The van der Waals surface area contributed by atoms with E-state index in [2.05, 4.69) is 15.2 Å². The van der Waals surface area contributed by atoms with E-state index < -0.39 is 5.82 Å². The average molecular weight is 336 g/mol. The van der Waals surface area contributed by atoms with Gasteiger partial charge >= 0.3 is 0 Å². The van der Waals surface area contributed by atoms with E-state index in [4.69, 9.17) is 4.74 Å². The fourth-order valence-electron chi connectivity index (χ4n) is 3.29. The summed E-state index contributed by atoms with van der Waals surface area (Å²) in [6, 6.07) is 8.84. The molecule has 0 N–H and O–H groups in total. The molecule has 0 aliphatic carbocycles. The lowest BCUT2D eigenvalue weighted by Crippen LogP contribution is -2.01. The number of nitrogens with zero attached hydrogens (tertiary/aromatic N) is 4. The Morgan fingerprint density at radius 1 is 1.04 bits per heavy atom. The van der Waals surface area contributed by atoms with Gasteiger partial charge in [0.1, 0.15) is 17.1 Å². The fourth-order valence-corrected chi connectivity index (χ4v) is 3.29. The lowest BCUT2D eigenvalue weighted by Gasteiger charge is -2.12. The van der Waals surface area contributed by atoms with Gasteiger partial charge in [0.2, 0.25) is 0 Å². The summed E-state index contributed by atoms with van der Waals surface area (Å²) < 4.78 is 21.3. The van der Waals surface area contributed by atoms with Crippen LogP contribution in [0.5, 0.6) is 5.75 Å². The molecule has 0 radical (unpaired) electrons. The van der Waals surface area contributed by atoms with E-state index in [9.17, 15) is 4.39 Å². The Kier molecular flexibility index (Phi) is 3.42. The maximum atomic E-state index is 14.1. The van der Waals surface area contributed by atoms with E-state index >= 15 is 0 Å². The molecule has 4 rings (SSSR count). The van der Waals surface area contributed by atoms with Crippen LogP contribution < -0.4 is 4.74 Å². The second-order valence-electron chi connectivity index (χ2n) is 6.12. The number of ether oxygens (including phenoxy) is 1. The highest BCUT2D eigenvalue weighted by Gasteiger charge is 2.19. The van der Waals surface area contributed by atoms with Crippen LogP contribution in [0.4, 0.5) is 4.39 Å². The first-order chi connectivity index (χ1) is 12.0. The van der Waals surface area contributed by atoms with Gasteiger partial charge in [0.05, 0.1) is 18.3 Å². The van der Waals surface area contributed by atoms with E-state index in [0.29, 0.717) is 33.9 Å². The van der Waals surface area contributed by atoms with Crippen LogP contribution in [0.1, 0.15) is 16.8 Å². The number of rotatable bonds is 2. The first-order valence-corrected chi connectivity index (χ1v) is 7.97. The first kappa shape index (κ1) is 15.5. The van der Waals surface area contributed by atoms with Crippen molar-refractivity contribution in [2.24, 2.45) is 0 Å². The Morgan fingerprint density at radius 3 is 2.44 bits per heavy atom. The second-order valence-corrected chi connectivity index (χ2v) is 6.12. The summed E-state index contributed by atoms with van der Waals surface area (Å²) in [5, 5.41) is 8.69. The Bertz CT molecular complexity index is 1110.